The van der Waals surface area contributed by atoms with E-state index in [2.05, 4.69) is 4.98 Å². The van der Waals surface area contributed by atoms with Crippen LogP contribution in [0.15, 0.2) is 20.7 Å². The van der Waals surface area contributed by atoms with E-state index in [0.717, 1.165) is 28.3 Å². The van der Waals surface area contributed by atoms with Crippen LogP contribution in [0.3, 0.4) is 0 Å². The SMILES string of the molecule is CCCc1cnc2c(c1S[C@@H](C(C)=O)C(=O)N(C)C)c(=O)n(C)c(=O)n2C. The lowest BCUT2D eigenvalue weighted by atomic mass is 10.1. The van der Waals surface area contributed by atoms with Gasteiger partial charge in [0.1, 0.15) is 10.9 Å². The van der Waals surface area contributed by atoms with Gasteiger partial charge in [0.25, 0.3) is 5.56 Å². The Labute approximate surface area is 161 Å². The van der Waals surface area contributed by atoms with Gasteiger partial charge in [0.05, 0.1) is 5.39 Å². The molecule has 0 aliphatic carbocycles. The molecule has 146 valence electrons. The number of amides is 1. The molecule has 2 aromatic heterocycles. The van der Waals surface area contributed by atoms with E-state index in [4.69, 9.17) is 0 Å². The Kier molecular flexibility index (Phi) is 6.25. The normalized spacial score (nSPS) is 12.2. The fourth-order valence-electron chi connectivity index (χ4n) is 2.78. The minimum atomic E-state index is -0.969. The van der Waals surface area contributed by atoms with Crippen LogP contribution < -0.4 is 11.2 Å². The molecular weight excluding hydrogens is 368 g/mol. The van der Waals surface area contributed by atoms with Gasteiger partial charge < -0.3 is 4.90 Å². The highest BCUT2D eigenvalue weighted by atomic mass is 32.2. The smallest absolute Gasteiger partial charge is 0.332 e. The highest BCUT2D eigenvalue weighted by Crippen LogP contribution is 2.33. The summed E-state index contributed by atoms with van der Waals surface area (Å²) in [7, 11) is 6.11. The third kappa shape index (κ3) is 3.83. The van der Waals surface area contributed by atoms with Crippen molar-refractivity contribution in [3.8, 4) is 0 Å². The average molecular weight is 392 g/mol. The molecular formula is C18H24N4O4S. The molecule has 1 amide bonds. The molecule has 0 fully saturated rings. The fourth-order valence-corrected chi connectivity index (χ4v) is 4.10. The van der Waals surface area contributed by atoms with Crippen molar-refractivity contribution in [1.82, 2.24) is 19.0 Å². The number of aromatic nitrogens is 3. The van der Waals surface area contributed by atoms with Crippen molar-refractivity contribution in [2.24, 2.45) is 14.1 Å². The number of carbonyl (C=O) groups excluding carboxylic acids is 2. The lowest BCUT2D eigenvalue weighted by Crippen LogP contribution is -2.38. The summed E-state index contributed by atoms with van der Waals surface area (Å²) in [6.07, 6.45) is 3.06. The van der Waals surface area contributed by atoms with Crippen molar-refractivity contribution < 1.29 is 9.59 Å². The topological polar surface area (TPSA) is 94.3 Å². The lowest BCUT2D eigenvalue weighted by Gasteiger charge is -2.20. The zero-order valence-electron chi connectivity index (χ0n) is 16.4. The molecule has 27 heavy (non-hydrogen) atoms. The zero-order valence-corrected chi connectivity index (χ0v) is 17.2. The summed E-state index contributed by atoms with van der Waals surface area (Å²) in [5.74, 6) is -0.644. The van der Waals surface area contributed by atoms with Crippen LogP contribution >= 0.6 is 11.8 Å². The molecule has 0 spiro atoms. The Balaban J connectivity index is 2.84. The minimum absolute atomic E-state index is 0.241. The van der Waals surface area contributed by atoms with Crippen molar-refractivity contribution in [2.45, 2.75) is 36.8 Å². The summed E-state index contributed by atoms with van der Waals surface area (Å²) in [6, 6.07) is 0. The largest absolute Gasteiger partial charge is 0.347 e. The van der Waals surface area contributed by atoms with Crippen molar-refractivity contribution in [1.29, 1.82) is 0 Å². The molecule has 1 atom stereocenters. The second-order valence-electron chi connectivity index (χ2n) is 6.61. The van der Waals surface area contributed by atoms with Crippen molar-refractivity contribution >= 4 is 34.5 Å². The van der Waals surface area contributed by atoms with E-state index in [1.54, 1.807) is 27.3 Å². The molecule has 0 saturated carbocycles. The molecule has 0 N–H and O–H groups in total. The van der Waals surface area contributed by atoms with Crippen LogP contribution in [0.1, 0.15) is 25.8 Å². The van der Waals surface area contributed by atoms with Crippen LogP contribution in [0.5, 0.6) is 0 Å². The number of hydrogen-bond acceptors (Lipinski definition) is 6. The minimum Gasteiger partial charge on any atom is -0.347 e. The maximum atomic E-state index is 12.8. The first-order valence-corrected chi connectivity index (χ1v) is 9.45. The number of pyridine rings is 1. The molecule has 0 unspecified atom stereocenters. The molecule has 0 saturated heterocycles. The lowest BCUT2D eigenvalue weighted by molar-refractivity contribution is -0.132. The van der Waals surface area contributed by atoms with E-state index < -0.39 is 16.5 Å². The molecule has 9 heteroatoms. The zero-order chi connectivity index (χ0) is 20.5. The van der Waals surface area contributed by atoms with Crippen LogP contribution in [0.2, 0.25) is 0 Å². The van der Waals surface area contributed by atoms with Crippen LogP contribution in [0.4, 0.5) is 0 Å². The van der Waals surface area contributed by atoms with Gasteiger partial charge >= 0.3 is 5.69 Å². The van der Waals surface area contributed by atoms with E-state index >= 15 is 0 Å². The molecule has 0 aromatic carbocycles. The van der Waals surface area contributed by atoms with Crippen LogP contribution in [-0.2, 0) is 30.1 Å². The number of nitrogens with zero attached hydrogens (tertiary/aromatic N) is 4. The second kappa shape index (κ2) is 8.08. The van der Waals surface area contributed by atoms with Gasteiger partial charge in [0.15, 0.2) is 5.78 Å². The summed E-state index contributed by atoms with van der Waals surface area (Å²) in [5, 5.41) is -0.712. The molecule has 2 rings (SSSR count). The first-order chi connectivity index (χ1) is 12.6. The van der Waals surface area contributed by atoms with Crippen molar-refractivity contribution in [3.05, 3.63) is 32.6 Å². The number of hydrogen-bond donors (Lipinski definition) is 0. The summed E-state index contributed by atoms with van der Waals surface area (Å²) in [6.45, 7) is 3.35. The molecule has 8 nitrogen and oxygen atoms in total. The van der Waals surface area contributed by atoms with Crippen LogP contribution in [0.25, 0.3) is 11.0 Å². The second-order valence-corrected chi connectivity index (χ2v) is 7.72. The number of fused-ring (bicyclic) bond motifs is 1. The highest BCUT2D eigenvalue weighted by molar-refractivity contribution is 8.01. The van der Waals surface area contributed by atoms with Crippen LogP contribution in [-0.4, -0.2) is 50.1 Å². The van der Waals surface area contributed by atoms with Crippen LogP contribution in [0, 0.1) is 0 Å². The molecule has 0 radical (unpaired) electrons. The van der Waals surface area contributed by atoms with Gasteiger partial charge in [-0.25, -0.2) is 9.78 Å². The average Bonchev–Trinajstić information content (AvgIpc) is 2.62. The number of carbonyl (C=O) groups is 2. The third-order valence-electron chi connectivity index (χ3n) is 4.28. The highest BCUT2D eigenvalue weighted by Gasteiger charge is 2.29. The van der Waals surface area contributed by atoms with E-state index in [9.17, 15) is 19.2 Å². The third-order valence-corrected chi connectivity index (χ3v) is 5.76. The van der Waals surface area contributed by atoms with Crippen molar-refractivity contribution in [2.75, 3.05) is 14.1 Å². The molecule has 0 bridgehead atoms. The number of rotatable bonds is 6. The van der Waals surface area contributed by atoms with Gasteiger partial charge in [-0.05, 0) is 18.9 Å². The molecule has 2 aromatic rings. The fraction of sp³-hybridized carbons (Fsp3) is 0.500. The number of Topliss-reactive ketones (excluding diaryl/α,β-unsaturated/α-hetero) is 1. The predicted molar refractivity (Wildman–Crippen MR) is 105 cm³/mol. The molecule has 0 aliphatic rings. The summed E-state index contributed by atoms with van der Waals surface area (Å²) < 4.78 is 2.31. The number of ketones is 1. The maximum Gasteiger partial charge on any atom is 0.332 e. The summed E-state index contributed by atoms with van der Waals surface area (Å²) >= 11 is 1.06. The predicted octanol–water partition coefficient (Wildman–Crippen LogP) is 0.723. The first kappa shape index (κ1) is 20.9. The standard InChI is InChI=1S/C18H24N4O4S/c1-7-8-11-9-19-15-12(16(24)22(6)18(26)21(15)5)14(11)27-13(10(2)23)17(25)20(3)4/h9,13H,7-8H2,1-6H3/t13-/m0/s1. The number of aryl methyl sites for hydroxylation is 2. The first-order valence-electron chi connectivity index (χ1n) is 8.57. The van der Waals surface area contributed by atoms with E-state index in [1.807, 2.05) is 6.92 Å². The summed E-state index contributed by atoms with van der Waals surface area (Å²) in [4.78, 5) is 55.9. The van der Waals surface area contributed by atoms with E-state index in [-0.39, 0.29) is 22.7 Å². The molecule has 2 heterocycles. The quantitative estimate of drug-likeness (QED) is 0.531. The van der Waals surface area contributed by atoms with Gasteiger partial charge in [0.2, 0.25) is 5.91 Å². The van der Waals surface area contributed by atoms with Gasteiger partial charge in [-0.1, -0.05) is 13.3 Å². The van der Waals surface area contributed by atoms with E-state index in [1.165, 1.54) is 23.4 Å². The van der Waals surface area contributed by atoms with Gasteiger partial charge in [0, 0.05) is 39.3 Å². The van der Waals surface area contributed by atoms with Crippen molar-refractivity contribution in [3.63, 3.8) is 0 Å². The maximum absolute atomic E-state index is 12.8. The van der Waals surface area contributed by atoms with Gasteiger partial charge in [-0.3, -0.25) is 23.5 Å². The monoisotopic (exact) mass is 392 g/mol. The number of thioether (sulfide) groups is 1. The van der Waals surface area contributed by atoms with E-state index in [0.29, 0.717) is 11.3 Å². The Hall–Kier alpha value is -2.42. The summed E-state index contributed by atoms with van der Waals surface area (Å²) in [5.41, 5.74) is 0.0564. The molecule has 0 aliphatic heterocycles. The Morgan fingerprint density at radius 1 is 1.22 bits per heavy atom. The Morgan fingerprint density at radius 2 is 1.85 bits per heavy atom. The Bertz CT molecular complexity index is 1020. The van der Waals surface area contributed by atoms with Gasteiger partial charge in [-0.2, -0.15) is 0 Å². The Morgan fingerprint density at radius 3 is 2.37 bits per heavy atom. The van der Waals surface area contributed by atoms with Gasteiger partial charge in [-0.15, -0.1) is 11.8 Å².